The smallest absolute Gasteiger partial charge is 0.317 e. The number of carbonyl (C=O) groups excluding carboxylic acids is 1. The number of benzene rings is 2. The van der Waals surface area contributed by atoms with Crippen LogP contribution in [0.15, 0.2) is 67.0 Å². The fraction of sp³-hybridized carbons (Fsp3) is 0.385. The number of nitrogens with zero attached hydrogens (tertiary/aromatic N) is 4. The number of aromatic nitrogens is 2. The maximum Gasteiger partial charge on any atom is 0.317 e. The van der Waals surface area contributed by atoms with Gasteiger partial charge in [0, 0.05) is 58.1 Å². The molecule has 3 aromatic rings. The van der Waals surface area contributed by atoms with E-state index in [4.69, 9.17) is 0 Å². The van der Waals surface area contributed by atoms with E-state index in [-0.39, 0.29) is 12.1 Å². The van der Waals surface area contributed by atoms with Gasteiger partial charge in [0.2, 0.25) is 0 Å². The zero-order valence-corrected chi connectivity index (χ0v) is 18.7. The molecule has 2 aliphatic rings. The van der Waals surface area contributed by atoms with Gasteiger partial charge in [-0.1, -0.05) is 54.6 Å². The van der Waals surface area contributed by atoms with Crippen LogP contribution in [0.2, 0.25) is 0 Å². The molecule has 2 heterocycles. The number of imidazole rings is 1. The number of hydrogen-bond donors (Lipinski definition) is 1. The number of urea groups is 1. The summed E-state index contributed by atoms with van der Waals surface area (Å²) >= 11 is 0. The molecule has 0 radical (unpaired) electrons. The summed E-state index contributed by atoms with van der Waals surface area (Å²) in [5.41, 5.74) is 4.07. The molecule has 2 aromatic carbocycles. The minimum atomic E-state index is -0.104. The number of amides is 2. The number of fused-ring (bicyclic) bond motifs is 1. The van der Waals surface area contributed by atoms with Gasteiger partial charge < -0.3 is 14.8 Å². The van der Waals surface area contributed by atoms with E-state index in [1.807, 2.05) is 40.9 Å². The highest BCUT2D eigenvalue weighted by Crippen LogP contribution is 2.26. The van der Waals surface area contributed by atoms with Gasteiger partial charge in [0.25, 0.3) is 0 Å². The first-order chi connectivity index (χ1) is 15.7. The standard InChI is InChI=1S/C26H31N5O/c1-29-12-11-27-25(29)19-24(20-7-3-2-4-8-20)28-26(32)31-15-13-30(14-16-31)23-17-21-9-5-6-10-22(21)18-23/h2-12,23-24H,13-19H2,1H3,(H,28,32). The molecule has 2 amide bonds. The van der Waals surface area contributed by atoms with Crippen LogP contribution in [-0.2, 0) is 26.3 Å². The lowest BCUT2D eigenvalue weighted by molar-refractivity contribution is 0.109. The third-order valence-corrected chi connectivity index (χ3v) is 6.95. The lowest BCUT2D eigenvalue weighted by Gasteiger charge is -2.38. The van der Waals surface area contributed by atoms with E-state index in [1.54, 1.807) is 6.20 Å². The van der Waals surface area contributed by atoms with Crippen molar-refractivity contribution in [3.05, 3.63) is 89.5 Å². The van der Waals surface area contributed by atoms with E-state index in [1.165, 1.54) is 11.1 Å². The molecule has 0 saturated carbocycles. The second-order valence-electron chi connectivity index (χ2n) is 8.93. The van der Waals surface area contributed by atoms with Crippen LogP contribution in [0.5, 0.6) is 0 Å². The van der Waals surface area contributed by atoms with E-state index >= 15 is 0 Å². The maximum atomic E-state index is 13.2. The summed E-state index contributed by atoms with van der Waals surface area (Å²) in [5.74, 6) is 0.963. The molecule has 1 N–H and O–H groups in total. The van der Waals surface area contributed by atoms with Gasteiger partial charge in [-0.25, -0.2) is 9.78 Å². The number of carbonyl (C=O) groups is 1. The molecule has 1 unspecified atom stereocenters. The van der Waals surface area contributed by atoms with E-state index in [0.717, 1.165) is 50.4 Å². The van der Waals surface area contributed by atoms with Crippen LogP contribution in [0.3, 0.4) is 0 Å². The Morgan fingerprint density at radius 3 is 2.28 bits per heavy atom. The molecule has 166 valence electrons. The molecule has 5 rings (SSSR count). The molecule has 1 fully saturated rings. The van der Waals surface area contributed by atoms with Gasteiger partial charge in [-0.05, 0) is 29.5 Å². The first-order valence-electron chi connectivity index (χ1n) is 11.5. The monoisotopic (exact) mass is 429 g/mol. The van der Waals surface area contributed by atoms with Crippen molar-refractivity contribution in [1.29, 1.82) is 0 Å². The molecule has 6 heteroatoms. The molecule has 0 bridgehead atoms. The molecule has 6 nitrogen and oxygen atoms in total. The number of piperazine rings is 1. The highest BCUT2D eigenvalue weighted by atomic mass is 16.2. The van der Waals surface area contributed by atoms with Gasteiger partial charge in [-0.15, -0.1) is 0 Å². The molecular weight excluding hydrogens is 398 g/mol. The van der Waals surface area contributed by atoms with Crippen LogP contribution >= 0.6 is 0 Å². The van der Waals surface area contributed by atoms with Crippen LogP contribution in [0.1, 0.15) is 28.6 Å². The van der Waals surface area contributed by atoms with E-state index in [0.29, 0.717) is 12.5 Å². The summed E-state index contributed by atoms with van der Waals surface area (Å²) in [4.78, 5) is 22.2. The lowest BCUT2D eigenvalue weighted by atomic mass is 10.0. The molecule has 1 aliphatic heterocycles. The Morgan fingerprint density at radius 2 is 1.66 bits per heavy atom. The van der Waals surface area contributed by atoms with Gasteiger partial charge in [-0.2, -0.15) is 0 Å². The summed E-state index contributed by atoms with van der Waals surface area (Å²) in [7, 11) is 1.99. The van der Waals surface area contributed by atoms with Crippen molar-refractivity contribution in [3.63, 3.8) is 0 Å². The third-order valence-electron chi connectivity index (χ3n) is 6.95. The molecule has 0 spiro atoms. The van der Waals surface area contributed by atoms with Gasteiger partial charge in [0.15, 0.2) is 0 Å². The topological polar surface area (TPSA) is 53.4 Å². The maximum absolute atomic E-state index is 13.2. The fourth-order valence-electron chi connectivity index (χ4n) is 5.04. The second-order valence-corrected chi connectivity index (χ2v) is 8.93. The van der Waals surface area contributed by atoms with Crippen molar-refractivity contribution in [2.75, 3.05) is 26.2 Å². The highest BCUT2D eigenvalue weighted by Gasteiger charge is 2.31. The Morgan fingerprint density at radius 1 is 1.00 bits per heavy atom. The molecule has 32 heavy (non-hydrogen) atoms. The van der Waals surface area contributed by atoms with Crippen LogP contribution in [0, 0.1) is 0 Å². The summed E-state index contributed by atoms with van der Waals surface area (Å²) in [5, 5.41) is 3.28. The predicted octanol–water partition coefficient (Wildman–Crippen LogP) is 3.20. The fourth-order valence-corrected chi connectivity index (χ4v) is 5.04. The summed E-state index contributed by atoms with van der Waals surface area (Å²) < 4.78 is 2.01. The molecule has 1 atom stereocenters. The molecule has 1 saturated heterocycles. The van der Waals surface area contributed by atoms with Gasteiger partial charge in [-0.3, -0.25) is 4.90 Å². The summed E-state index contributed by atoms with van der Waals surface area (Å²) in [6, 6.07) is 19.4. The van der Waals surface area contributed by atoms with Crippen molar-refractivity contribution in [2.24, 2.45) is 7.05 Å². The van der Waals surface area contributed by atoms with Crippen LogP contribution in [-0.4, -0.2) is 57.6 Å². The Balaban J connectivity index is 1.20. The van der Waals surface area contributed by atoms with Crippen LogP contribution < -0.4 is 5.32 Å². The predicted molar refractivity (Wildman–Crippen MR) is 125 cm³/mol. The van der Waals surface area contributed by atoms with Crippen molar-refractivity contribution in [2.45, 2.75) is 31.3 Å². The summed E-state index contributed by atoms with van der Waals surface area (Å²) in [6.07, 6.45) is 6.67. The van der Waals surface area contributed by atoms with E-state index < -0.39 is 0 Å². The van der Waals surface area contributed by atoms with Crippen LogP contribution in [0.4, 0.5) is 4.79 Å². The Hall–Kier alpha value is -3.12. The number of aryl methyl sites for hydroxylation is 1. The van der Waals surface area contributed by atoms with Gasteiger partial charge >= 0.3 is 6.03 Å². The van der Waals surface area contributed by atoms with Gasteiger partial charge in [0.1, 0.15) is 5.82 Å². The van der Waals surface area contributed by atoms with Crippen molar-refractivity contribution < 1.29 is 4.79 Å². The summed E-state index contributed by atoms with van der Waals surface area (Å²) in [6.45, 7) is 3.40. The largest absolute Gasteiger partial charge is 0.338 e. The zero-order valence-electron chi connectivity index (χ0n) is 18.7. The van der Waals surface area contributed by atoms with Crippen molar-refractivity contribution in [3.8, 4) is 0 Å². The molecular formula is C26H31N5O. The number of rotatable bonds is 5. The molecule has 1 aromatic heterocycles. The Kier molecular flexibility index (Phi) is 5.95. The number of hydrogen-bond acceptors (Lipinski definition) is 3. The lowest BCUT2D eigenvalue weighted by Crippen LogP contribution is -2.54. The third kappa shape index (κ3) is 4.41. The van der Waals surface area contributed by atoms with Crippen molar-refractivity contribution in [1.82, 2.24) is 24.7 Å². The minimum absolute atomic E-state index is 0.0161. The highest BCUT2D eigenvalue weighted by molar-refractivity contribution is 5.75. The Labute approximate surface area is 189 Å². The van der Waals surface area contributed by atoms with Crippen LogP contribution in [0.25, 0.3) is 0 Å². The number of nitrogens with one attached hydrogen (secondary N) is 1. The minimum Gasteiger partial charge on any atom is -0.338 e. The van der Waals surface area contributed by atoms with Gasteiger partial charge in [0.05, 0.1) is 6.04 Å². The van der Waals surface area contributed by atoms with Crippen molar-refractivity contribution >= 4 is 6.03 Å². The average molecular weight is 430 g/mol. The molecule has 1 aliphatic carbocycles. The quantitative estimate of drug-likeness (QED) is 0.678. The van der Waals surface area contributed by atoms with E-state index in [9.17, 15) is 4.79 Å². The first-order valence-corrected chi connectivity index (χ1v) is 11.5. The Bertz CT molecular complexity index is 1030. The normalized spacial score (nSPS) is 17.8. The average Bonchev–Trinajstić information content (AvgIpc) is 3.45. The SMILES string of the molecule is Cn1ccnc1CC(NC(=O)N1CCN(C2Cc3ccccc3C2)CC1)c1ccccc1. The van der Waals surface area contributed by atoms with E-state index in [2.05, 4.69) is 51.6 Å². The second kappa shape index (κ2) is 9.17. The zero-order chi connectivity index (χ0) is 21.9. The first kappa shape index (κ1) is 20.8.